The van der Waals surface area contributed by atoms with Crippen LogP contribution in [0.25, 0.3) is 0 Å². The average Bonchev–Trinajstić information content (AvgIpc) is 2.21. The maximum absolute atomic E-state index is 5.13. The van der Waals surface area contributed by atoms with Crippen LogP contribution in [-0.2, 0) is 9.47 Å². The smallest absolute Gasteiger partial charge is 0.182 e. The van der Waals surface area contributed by atoms with E-state index in [0.717, 1.165) is 0 Å². The molecular formula is C3H5ClO2. The minimum Gasteiger partial charge on any atom is -0.345 e. The molecular weight excluding hydrogens is 103 g/mol. The van der Waals surface area contributed by atoms with Crippen LogP contribution in [0, 0.1) is 0 Å². The fourth-order valence-electron chi connectivity index (χ4n) is 0.206. The summed E-state index contributed by atoms with van der Waals surface area (Å²) in [4.78, 5) is 0. The highest BCUT2D eigenvalue weighted by molar-refractivity contribution is 6.17. The fourth-order valence-corrected chi connectivity index (χ4v) is 0.346. The summed E-state index contributed by atoms with van der Waals surface area (Å²) in [5.74, 6) is 0. The lowest BCUT2D eigenvalue weighted by atomic mass is 10.9. The second kappa shape index (κ2) is 1.78. The summed E-state index contributed by atoms with van der Waals surface area (Å²) in [6.07, 6.45) is 0.0162. The number of alkyl halides is 1. The summed E-state index contributed by atoms with van der Waals surface area (Å²) in [6.45, 7) is 0.715. The van der Waals surface area contributed by atoms with Gasteiger partial charge in [-0.25, -0.2) is 0 Å². The van der Waals surface area contributed by atoms with Gasteiger partial charge in [0.15, 0.2) is 6.29 Å². The first-order chi connectivity index (χ1) is 2.93. The minimum absolute atomic E-state index is 0.0162. The van der Waals surface area contributed by atoms with Gasteiger partial charge in [-0.15, -0.1) is 0 Å². The zero-order valence-electron chi connectivity index (χ0n) is 3.19. The Morgan fingerprint density at radius 2 is 2.67 bits per heavy atom. The number of rotatable bonds is 2. The van der Waals surface area contributed by atoms with Crippen molar-refractivity contribution in [2.45, 2.75) is 6.29 Å². The lowest BCUT2D eigenvalue weighted by Crippen LogP contribution is -1.89. The van der Waals surface area contributed by atoms with Crippen molar-refractivity contribution in [2.24, 2.45) is 0 Å². The predicted molar refractivity (Wildman–Crippen MR) is 21.5 cm³/mol. The van der Waals surface area contributed by atoms with Crippen LogP contribution < -0.4 is 0 Å². The molecule has 0 aromatic rings. The van der Waals surface area contributed by atoms with E-state index < -0.39 is 0 Å². The van der Waals surface area contributed by atoms with Crippen molar-refractivity contribution in [3.05, 3.63) is 0 Å². The Balaban J connectivity index is 1.88. The quantitative estimate of drug-likeness (QED) is 0.381. The molecule has 2 nitrogen and oxygen atoms in total. The van der Waals surface area contributed by atoms with Gasteiger partial charge < -0.3 is 9.47 Å². The molecule has 0 aromatic carbocycles. The van der Waals surface area contributed by atoms with Crippen molar-refractivity contribution >= 4 is 11.6 Å². The number of halogens is 1. The van der Waals surface area contributed by atoms with Crippen molar-refractivity contribution in [2.75, 3.05) is 12.7 Å². The van der Waals surface area contributed by atoms with Gasteiger partial charge in [-0.2, -0.15) is 0 Å². The van der Waals surface area contributed by atoms with Crippen molar-refractivity contribution in [3.8, 4) is 0 Å². The third-order valence-electron chi connectivity index (χ3n) is 0.552. The SMILES string of the molecule is ClCO[C@@H]1CO1. The van der Waals surface area contributed by atoms with E-state index in [0.29, 0.717) is 6.61 Å². The van der Waals surface area contributed by atoms with Crippen LogP contribution in [0.2, 0.25) is 0 Å². The van der Waals surface area contributed by atoms with Crippen LogP contribution in [0.5, 0.6) is 0 Å². The molecule has 0 bridgehead atoms. The molecule has 1 rings (SSSR count). The van der Waals surface area contributed by atoms with Gasteiger partial charge in [-0.3, -0.25) is 0 Å². The van der Waals surface area contributed by atoms with E-state index in [9.17, 15) is 0 Å². The monoisotopic (exact) mass is 108 g/mol. The van der Waals surface area contributed by atoms with Crippen LogP contribution in [0.4, 0.5) is 0 Å². The third kappa shape index (κ3) is 1.12. The van der Waals surface area contributed by atoms with E-state index in [1.54, 1.807) is 0 Å². The number of epoxide rings is 1. The first-order valence-corrected chi connectivity index (χ1v) is 2.26. The summed E-state index contributed by atoms with van der Waals surface area (Å²) in [6, 6.07) is 0.241. The van der Waals surface area contributed by atoms with Crippen LogP contribution in [0.15, 0.2) is 0 Å². The molecule has 1 atom stereocenters. The molecule has 0 spiro atoms. The van der Waals surface area contributed by atoms with Gasteiger partial charge in [0.05, 0.1) is 0 Å². The molecule has 0 aromatic heterocycles. The van der Waals surface area contributed by atoms with E-state index in [1.165, 1.54) is 0 Å². The Kier molecular flexibility index (Phi) is 1.29. The first-order valence-electron chi connectivity index (χ1n) is 1.72. The summed E-state index contributed by atoms with van der Waals surface area (Å²) in [5, 5.41) is 0. The molecule has 0 saturated carbocycles. The van der Waals surface area contributed by atoms with E-state index >= 15 is 0 Å². The van der Waals surface area contributed by atoms with Gasteiger partial charge in [0.1, 0.15) is 12.7 Å². The summed E-state index contributed by atoms with van der Waals surface area (Å²) < 4.78 is 9.34. The Morgan fingerprint density at radius 1 is 2.00 bits per heavy atom. The third-order valence-corrected chi connectivity index (χ3v) is 0.678. The second-order valence-corrected chi connectivity index (χ2v) is 1.26. The number of hydrogen-bond donors (Lipinski definition) is 0. The standard InChI is InChI=1S/C3H5ClO2/c4-2-6-3-1-5-3/h3H,1-2H2/t3-/m1/s1. The Morgan fingerprint density at radius 3 is 2.83 bits per heavy atom. The van der Waals surface area contributed by atoms with Crippen LogP contribution in [0.1, 0.15) is 0 Å². The van der Waals surface area contributed by atoms with Gasteiger partial charge in [-0.05, 0) is 0 Å². The van der Waals surface area contributed by atoms with E-state index in [-0.39, 0.29) is 12.4 Å². The van der Waals surface area contributed by atoms with Crippen molar-refractivity contribution in [1.82, 2.24) is 0 Å². The fraction of sp³-hybridized carbons (Fsp3) is 1.00. The molecule has 0 unspecified atom stereocenters. The summed E-state index contributed by atoms with van der Waals surface area (Å²) in [7, 11) is 0. The maximum atomic E-state index is 5.13. The molecule has 1 aliphatic rings. The lowest BCUT2D eigenvalue weighted by molar-refractivity contribution is 0.0813. The lowest BCUT2D eigenvalue weighted by Gasteiger charge is -1.84. The van der Waals surface area contributed by atoms with Gasteiger partial charge in [0.25, 0.3) is 0 Å². The molecule has 0 aliphatic carbocycles. The highest BCUT2D eigenvalue weighted by Gasteiger charge is 2.21. The Bertz CT molecular complexity index is 44.1. The predicted octanol–water partition coefficient (Wildman–Crippen LogP) is 0.556. The number of ether oxygens (including phenoxy) is 2. The molecule has 0 amide bonds. The van der Waals surface area contributed by atoms with Crippen LogP contribution in [0.3, 0.4) is 0 Å². The summed E-state index contributed by atoms with van der Waals surface area (Å²) >= 11 is 5.13. The Labute approximate surface area is 41.0 Å². The highest BCUT2D eigenvalue weighted by atomic mass is 35.5. The van der Waals surface area contributed by atoms with Crippen molar-refractivity contribution < 1.29 is 9.47 Å². The molecule has 6 heavy (non-hydrogen) atoms. The highest BCUT2D eigenvalue weighted by Crippen LogP contribution is 2.09. The topological polar surface area (TPSA) is 21.8 Å². The van der Waals surface area contributed by atoms with Gasteiger partial charge in [0.2, 0.25) is 0 Å². The molecule has 1 fully saturated rings. The second-order valence-electron chi connectivity index (χ2n) is 1.04. The average molecular weight is 109 g/mol. The van der Waals surface area contributed by atoms with Gasteiger partial charge >= 0.3 is 0 Å². The maximum Gasteiger partial charge on any atom is 0.182 e. The normalized spacial score (nSPS) is 30.5. The minimum atomic E-state index is 0.0162. The molecule has 1 heterocycles. The first kappa shape index (κ1) is 4.37. The number of hydrogen-bond acceptors (Lipinski definition) is 2. The molecule has 0 radical (unpaired) electrons. The van der Waals surface area contributed by atoms with Gasteiger partial charge in [-0.1, -0.05) is 11.6 Å². The largest absolute Gasteiger partial charge is 0.345 e. The van der Waals surface area contributed by atoms with Crippen LogP contribution in [-0.4, -0.2) is 19.0 Å². The Hall–Kier alpha value is 0.210. The molecule has 1 aliphatic heterocycles. The molecule has 36 valence electrons. The molecule has 0 N–H and O–H groups in total. The van der Waals surface area contributed by atoms with E-state index in [4.69, 9.17) is 16.3 Å². The zero-order valence-corrected chi connectivity index (χ0v) is 3.94. The zero-order chi connectivity index (χ0) is 4.41. The summed E-state index contributed by atoms with van der Waals surface area (Å²) in [5.41, 5.74) is 0. The molecule has 3 heteroatoms. The van der Waals surface area contributed by atoms with Gasteiger partial charge in [0, 0.05) is 0 Å². The van der Waals surface area contributed by atoms with E-state index in [2.05, 4.69) is 4.74 Å². The molecule has 1 saturated heterocycles. The van der Waals surface area contributed by atoms with Crippen molar-refractivity contribution in [1.29, 1.82) is 0 Å². The van der Waals surface area contributed by atoms with E-state index in [1.807, 2.05) is 0 Å². The van der Waals surface area contributed by atoms with Crippen molar-refractivity contribution in [3.63, 3.8) is 0 Å². The van der Waals surface area contributed by atoms with Crippen LogP contribution >= 0.6 is 11.6 Å².